The first kappa shape index (κ1) is 40.8. The fourth-order valence-electron chi connectivity index (χ4n) is 5.60. The molecule has 0 saturated heterocycles. The van der Waals surface area contributed by atoms with Gasteiger partial charge >= 0.3 is 0 Å². The first-order valence-corrected chi connectivity index (χ1v) is 17.8. The van der Waals surface area contributed by atoms with Crippen LogP contribution in [0.15, 0.2) is 66.7 Å². The van der Waals surface area contributed by atoms with E-state index in [1.807, 2.05) is 45.0 Å². The largest absolute Gasteiger partial charge is 0.390 e. The first-order chi connectivity index (χ1) is 22.3. The zero-order valence-electron chi connectivity index (χ0n) is 28.0. The third-order valence-electron chi connectivity index (χ3n) is 7.97. The van der Waals surface area contributed by atoms with Crippen LogP contribution in [0.5, 0.6) is 0 Å². The highest BCUT2D eigenvalue weighted by molar-refractivity contribution is 7.92. The van der Waals surface area contributed by atoms with Gasteiger partial charge in [-0.1, -0.05) is 74.2 Å². The summed E-state index contributed by atoms with van der Waals surface area (Å²) >= 11 is 0. The Morgan fingerprint density at radius 2 is 1.44 bits per heavy atom. The SMILES string of the molecule is CCCC(CCC)S(=O)(=O)C[C@H](NC(=O)c1cccc(C)c1)C(=O)N[C@@H](Cc1cc(F)cc(F)c1)[C@H](O)CNCc1cccc(C)c1.Cl. The second-order valence-electron chi connectivity index (χ2n) is 12.2. The number of hydrogen-bond donors (Lipinski definition) is 4. The number of halogens is 3. The first-order valence-electron chi connectivity index (χ1n) is 16.1. The van der Waals surface area contributed by atoms with Crippen LogP contribution in [0.2, 0.25) is 0 Å². The van der Waals surface area contributed by atoms with E-state index < -0.39 is 62.5 Å². The predicted octanol–water partition coefficient (Wildman–Crippen LogP) is 5.36. The van der Waals surface area contributed by atoms with E-state index in [2.05, 4.69) is 16.0 Å². The summed E-state index contributed by atoms with van der Waals surface area (Å²) in [5.74, 6) is -3.74. The van der Waals surface area contributed by atoms with Crippen LogP contribution in [0, 0.1) is 25.5 Å². The van der Waals surface area contributed by atoms with Crippen molar-refractivity contribution < 1.29 is 31.9 Å². The zero-order chi connectivity index (χ0) is 34.6. The van der Waals surface area contributed by atoms with Crippen molar-refractivity contribution in [2.75, 3.05) is 12.3 Å². The number of benzene rings is 3. The molecule has 0 radical (unpaired) electrons. The summed E-state index contributed by atoms with van der Waals surface area (Å²) in [6.07, 6.45) is 0.681. The van der Waals surface area contributed by atoms with Crippen molar-refractivity contribution in [2.24, 2.45) is 0 Å². The van der Waals surface area contributed by atoms with Gasteiger partial charge in [0, 0.05) is 24.7 Å². The van der Waals surface area contributed by atoms with Gasteiger partial charge in [0.1, 0.15) is 17.7 Å². The number of amides is 2. The van der Waals surface area contributed by atoms with Crippen molar-refractivity contribution in [1.29, 1.82) is 0 Å². The molecule has 264 valence electrons. The van der Waals surface area contributed by atoms with Crippen LogP contribution < -0.4 is 16.0 Å². The quantitative estimate of drug-likeness (QED) is 0.141. The standard InChI is InChI=1S/C36H47F2N3O5S.ClH/c1-5-9-31(10-6-2)47(45,46)23-33(41-35(43)28-14-8-12-25(4)16-28)36(44)40-32(19-27-17-29(37)20-30(38)18-27)34(42)22-39-21-26-13-7-11-24(3)15-26;/h7-8,11-18,20,31-34,39,42H,5-6,9-10,19,21-23H2,1-4H3,(H,40,44)(H,41,43);1H/t32-,33-,34+;/m0./s1. The lowest BCUT2D eigenvalue weighted by atomic mass is 10.00. The molecular formula is C36H48ClF2N3O5S. The van der Waals surface area contributed by atoms with Gasteiger partial charge in [0.15, 0.2) is 9.84 Å². The minimum Gasteiger partial charge on any atom is -0.390 e. The molecule has 0 saturated carbocycles. The van der Waals surface area contributed by atoms with Gasteiger partial charge in [-0.3, -0.25) is 9.59 Å². The van der Waals surface area contributed by atoms with Gasteiger partial charge in [0.2, 0.25) is 5.91 Å². The fourth-order valence-corrected chi connectivity index (χ4v) is 7.77. The third kappa shape index (κ3) is 12.9. The molecule has 48 heavy (non-hydrogen) atoms. The van der Waals surface area contributed by atoms with E-state index in [-0.39, 0.29) is 36.5 Å². The highest BCUT2D eigenvalue weighted by atomic mass is 35.5. The summed E-state index contributed by atoms with van der Waals surface area (Å²) < 4.78 is 55.4. The molecule has 2 amide bonds. The van der Waals surface area contributed by atoms with Crippen molar-refractivity contribution in [3.05, 3.63) is 106 Å². The fraction of sp³-hybridized carbons (Fsp3) is 0.444. The van der Waals surface area contributed by atoms with Gasteiger partial charge in [0.05, 0.1) is 23.1 Å². The maximum Gasteiger partial charge on any atom is 0.251 e. The number of aliphatic hydroxyl groups excluding tert-OH is 1. The number of nitrogens with one attached hydrogen (secondary N) is 3. The van der Waals surface area contributed by atoms with Crippen molar-refractivity contribution >= 4 is 34.1 Å². The summed E-state index contributed by atoms with van der Waals surface area (Å²) in [6.45, 7) is 7.96. The Balaban J connectivity index is 0.00000800. The summed E-state index contributed by atoms with van der Waals surface area (Å²) in [6, 6.07) is 14.8. The second kappa shape index (κ2) is 19.6. The Bertz CT molecular complexity index is 1580. The monoisotopic (exact) mass is 707 g/mol. The Hall–Kier alpha value is -3.38. The molecule has 3 aromatic carbocycles. The number of sulfone groups is 1. The van der Waals surface area contributed by atoms with Gasteiger partial charge in [-0.25, -0.2) is 17.2 Å². The van der Waals surface area contributed by atoms with Crippen molar-refractivity contribution in [3.8, 4) is 0 Å². The van der Waals surface area contributed by atoms with Gasteiger partial charge in [-0.15, -0.1) is 12.4 Å². The molecule has 0 fully saturated rings. The number of carbonyl (C=O) groups is 2. The average Bonchev–Trinajstić information content (AvgIpc) is 2.99. The number of aliphatic hydroxyl groups is 1. The van der Waals surface area contributed by atoms with Crippen LogP contribution in [0.3, 0.4) is 0 Å². The molecule has 3 rings (SSSR count). The van der Waals surface area contributed by atoms with Crippen LogP contribution in [-0.4, -0.2) is 61.1 Å². The number of carbonyl (C=O) groups excluding carboxylic acids is 2. The van der Waals surface area contributed by atoms with Crippen LogP contribution in [0.4, 0.5) is 8.78 Å². The summed E-state index contributed by atoms with van der Waals surface area (Å²) in [5.41, 5.74) is 3.29. The zero-order valence-corrected chi connectivity index (χ0v) is 29.6. The number of aryl methyl sites for hydroxylation is 2. The van der Waals surface area contributed by atoms with Crippen LogP contribution >= 0.6 is 12.4 Å². The smallest absolute Gasteiger partial charge is 0.251 e. The minimum absolute atomic E-state index is 0. The molecule has 0 heterocycles. The van der Waals surface area contributed by atoms with Gasteiger partial charge in [0.25, 0.3) is 5.91 Å². The molecule has 0 spiro atoms. The van der Waals surface area contributed by atoms with E-state index in [1.165, 1.54) is 0 Å². The Labute approximate surface area is 289 Å². The molecule has 4 N–H and O–H groups in total. The van der Waals surface area contributed by atoms with E-state index >= 15 is 0 Å². The van der Waals surface area contributed by atoms with Crippen molar-refractivity contribution in [2.45, 2.75) is 89.8 Å². The van der Waals surface area contributed by atoms with E-state index in [1.54, 1.807) is 31.2 Å². The summed E-state index contributed by atoms with van der Waals surface area (Å²) in [5, 5.41) is 19.0. The number of hydrogen-bond acceptors (Lipinski definition) is 6. The van der Waals surface area contributed by atoms with Crippen LogP contribution in [0.1, 0.15) is 72.1 Å². The highest BCUT2D eigenvalue weighted by Gasteiger charge is 2.34. The molecule has 12 heteroatoms. The van der Waals surface area contributed by atoms with Gasteiger partial charge < -0.3 is 21.1 Å². The average molecular weight is 708 g/mol. The van der Waals surface area contributed by atoms with Crippen LogP contribution in [-0.2, 0) is 27.6 Å². The lowest BCUT2D eigenvalue weighted by molar-refractivity contribution is -0.124. The molecule has 8 nitrogen and oxygen atoms in total. The molecule has 0 aliphatic rings. The Kier molecular flexibility index (Phi) is 16.6. The lowest BCUT2D eigenvalue weighted by Gasteiger charge is -2.28. The predicted molar refractivity (Wildman–Crippen MR) is 188 cm³/mol. The maximum absolute atomic E-state index is 14.1. The van der Waals surface area contributed by atoms with Gasteiger partial charge in [-0.2, -0.15) is 0 Å². The van der Waals surface area contributed by atoms with Gasteiger partial charge in [-0.05, 0) is 68.5 Å². The second-order valence-corrected chi connectivity index (χ2v) is 14.5. The lowest BCUT2D eigenvalue weighted by Crippen LogP contribution is -2.57. The normalized spacial score (nSPS) is 13.3. The highest BCUT2D eigenvalue weighted by Crippen LogP contribution is 2.18. The maximum atomic E-state index is 14.1. The Morgan fingerprint density at radius 3 is 2.02 bits per heavy atom. The molecule has 3 atom stereocenters. The summed E-state index contributed by atoms with van der Waals surface area (Å²) in [7, 11) is -3.85. The van der Waals surface area contributed by atoms with Crippen molar-refractivity contribution in [1.82, 2.24) is 16.0 Å². The molecular weight excluding hydrogens is 660 g/mol. The topological polar surface area (TPSA) is 125 Å². The van der Waals surface area contributed by atoms with Crippen LogP contribution in [0.25, 0.3) is 0 Å². The molecule has 3 aromatic rings. The molecule has 0 aliphatic heterocycles. The van der Waals surface area contributed by atoms with E-state index in [0.29, 0.717) is 32.2 Å². The van der Waals surface area contributed by atoms with E-state index in [0.717, 1.165) is 34.9 Å². The van der Waals surface area contributed by atoms with E-state index in [4.69, 9.17) is 0 Å². The van der Waals surface area contributed by atoms with Crippen molar-refractivity contribution in [3.63, 3.8) is 0 Å². The van der Waals surface area contributed by atoms with E-state index in [9.17, 15) is 31.9 Å². The minimum atomic E-state index is -3.85. The molecule has 0 unspecified atom stereocenters. The Morgan fingerprint density at radius 1 is 0.833 bits per heavy atom. The number of rotatable bonds is 18. The molecule has 0 bridgehead atoms. The molecule has 0 aliphatic carbocycles. The molecule has 0 aromatic heterocycles. The summed E-state index contributed by atoms with van der Waals surface area (Å²) in [4.78, 5) is 27.2. The third-order valence-corrected chi connectivity index (χ3v) is 10.3.